The van der Waals surface area contributed by atoms with Gasteiger partial charge in [-0.15, -0.1) is 0 Å². The summed E-state index contributed by atoms with van der Waals surface area (Å²) < 4.78 is 24.5. The zero-order chi connectivity index (χ0) is 15.1. The standard InChI is InChI=1S/C11H20F2N6O/c1-4-19(5-2)11-17-9(14-3)16-10(18-11)15-6-7(20)8(12)13/h7-8,20H,4-6H2,1-3H3,(H2,14,15,16,17,18). The lowest BCUT2D eigenvalue weighted by Crippen LogP contribution is -2.29. The quantitative estimate of drug-likeness (QED) is 0.652. The first kappa shape index (κ1) is 16.3. The molecule has 0 aliphatic heterocycles. The summed E-state index contributed by atoms with van der Waals surface area (Å²) in [5.41, 5.74) is 0. The molecule has 114 valence electrons. The van der Waals surface area contributed by atoms with Gasteiger partial charge in [-0.2, -0.15) is 15.0 Å². The molecule has 0 aromatic carbocycles. The van der Waals surface area contributed by atoms with Gasteiger partial charge in [0, 0.05) is 26.7 Å². The number of nitrogens with zero attached hydrogens (tertiary/aromatic N) is 4. The smallest absolute Gasteiger partial charge is 0.265 e. The summed E-state index contributed by atoms with van der Waals surface area (Å²) in [5, 5.41) is 14.4. The lowest BCUT2D eigenvalue weighted by Gasteiger charge is -2.19. The number of halogens is 2. The van der Waals surface area contributed by atoms with Gasteiger partial charge in [-0.1, -0.05) is 0 Å². The fourth-order valence-electron chi connectivity index (χ4n) is 1.49. The Bertz CT molecular complexity index is 416. The number of alkyl halides is 2. The van der Waals surface area contributed by atoms with E-state index in [2.05, 4.69) is 25.6 Å². The number of rotatable bonds is 8. The van der Waals surface area contributed by atoms with Crippen LogP contribution in [0.15, 0.2) is 0 Å². The van der Waals surface area contributed by atoms with Gasteiger partial charge in [-0.05, 0) is 13.8 Å². The number of aromatic nitrogens is 3. The van der Waals surface area contributed by atoms with E-state index >= 15 is 0 Å². The molecule has 0 saturated carbocycles. The molecule has 1 aromatic heterocycles. The van der Waals surface area contributed by atoms with Crippen molar-refractivity contribution in [1.29, 1.82) is 0 Å². The van der Waals surface area contributed by atoms with Gasteiger partial charge in [0.1, 0.15) is 6.10 Å². The van der Waals surface area contributed by atoms with E-state index in [0.29, 0.717) is 25.0 Å². The molecule has 0 saturated heterocycles. The molecule has 0 amide bonds. The van der Waals surface area contributed by atoms with Crippen LogP contribution in [0.3, 0.4) is 0 Å². The maximum absolute atomic E-state index is 12.2. The Morgan fingerprint density at radius 3 is 2.25 bits per heavy atom. The molecule has 7 nitrogen and oxygen atoms in total. The van der Waals surface area contributed by atoms with Crippen molar-refractivity contribution in [3.8, 4) is 0 Å². The molecule has 3 N–H and O–H groups in total. The van der Waals surface area contributed by atoms with E-state index in [1.54, 1.807) is 7.05 Å². The van der Waals surface area contributed by atoms with Crippen molar-refractivity contribution in [2.45, 2.75) is 26.4 Å². The van der Waals surface area contributed by atoms with Crippen molar-refractivity contribution in [1.82, 2.24) is 15.0 Å². The number of hydrogen-bond donors (Lipinski definition) is 3. The lowest BCUT2D eigenvalue weighted by molar-refractivity contribution is 0.00376. The molecule has 1 rings (SSSR count). The molecular formula is C11H20F2N6O. The van der Waals surface area contributed by atoms with Crippen molar-refractivity contribution in [3.63, 3.8) is 0 Å². The van der Waals surface area contributed by atoms with Crippen molar-refractivity contribution < 1.29 is 13.9 Å². The highest BCUT2D eigenvalue weighted by Crippen LogP contribution is 2.13. The molecule has 1 aromatic rings. The zero-order valence-corrected chi connectivity index (χ0v) is 11.8. The van der Waals surface area contributed by atoms with Crippen LogP contribution in [-0.2, 0) is 0 Å². The van der Waals surface area contributed by atoms with Crippen molar-refractivity contribution in [3.05, 3.63) is 0 Å². The Morgan fingerprint density at radius 2 is 1.75 bits per heavy atom. The minimum atomic E-state index is -2.81. The van der Waals surface area contributed by atoms with Crippen molar-refractivity contribution in [2.75, 3.05) is 42.2 Å². The maximum Gasteiger partial charge on any atom is 0.265 e. The van der Waals surface area contributed by atoms with E-state index in [1.165, 1.54) is 0 Å². The fourth-order valence-corrected chi connectivity index (χ4v) is 1.49. The van der Waals surface area contributed by atoms with Crippen molar-refractivity contribution >= 4 is 17.8 Å². The van der Waals surface area contributed by atoms with Crippen LogP contribution in [-0.4, -0.2) is 59.3 Å². The van der Waals surface area contributed by atoms with E-state index in [-0.39, 0.29) is 12.5 Å². The normalized spacial score (nSPS) is 12.3. The SMILES string of the molecule is CCN(CC)c1nc(NC)nc(NCC(O)C(F)F)n1. The van der Waals surface area contributed by atoms with Crippen LogP contribution in [0.4, 0.5) is 26.6 Å². The Balaban J connectivity index is 2.87. The van der Waals surface area contributed by atoms with Gasteiger partial charge in [-0.25, -0.2) is 8.78 Å². The first-order valence-electron chi connectivity index (χ1n) is 6.40. The fraction of sp³-hybridized carbons (Fsp3) is 0.727. The number of nitrogens with one attached hydrogen (secondary N) is 2. The molecule has 0 radical (unpaired) electrons. The first-order valence-corrected chi connectivity index (χ1v) is 6.40. The van der Waals surface area contributed by atoms with E-state index in [4.69, 9.17) is 5.11 Å². The van der Waals surface area contributed by atoms with Gasteiger partial charge in [0.2, 0.25) is 17.8 Å². The second-order valence-corrected chi connectivity index (χ2v) is 3.99. The first-order chi connectivity index (χ1) is 9.51. The summed E-state index contributed by atoms with van der Waals surface area (Å²) in [4.78, 5) is 14.3. The van der Waals surface area contributed by atoms with Gasteiger partial charge >= 0.3 is 0 Å². The predicted octanol–water partition coefficient (Wildman–Crippen LogP) is 0.797. The van der Waals surface area contributed by atoms with Crippen LogP contribution < -0.4 is 15.5 Å². The third-order valence-electron chi connectivity index (χ3n) is 2.65. The second kappa shape index (κ2) is 7.73. The maximum atomic E-state index is 12.2. The van der Waals surface area contributed by atoms with Gasteiger partial charge in [-0.3, -0.25) is 0 Å². The summed E-state index contributed by atoms with van der Waals surface area (Å²) >= 11 is 0. The minimum absolute atomic E-state index is 0.144. The molecule has 1 unspecified atom stereocenters. The molecule has 0 aliphatic rings. The summed E-state index contributed by atoms with van der Waals surface area (Å²) in [7, 11) is 1.65. The molecule has 9 heteroatoms. The zero-order valence-electron chi connectivity index (χ0n) is 11.8. The van der Waals surface area contributed by atoms with Gasteiger partial charge in [0.15, 0.2) is 0 Å². The summed E-state index contributed by atoms with van der Waals surface area (Å²) in [6.07, 6.45) is -4.57. The monoisotopic (exact) mass is 290 g/mol. The lowest BCUT2D eigenvalue weighted by atomic mass is 10.4. The van der Waals surface area contributed by atoms with Crippen molar-refractivity contribution in [2.24, 2.45) is 0 Å². The minimum Gasteiger partial charge on any atom is -0.385 e. The second-order valence-electron chi connectivity index (χ2n) is 3.99. The average Bonchev–Trinajstić information content (AvgIpc) is 2.45. The number of aliphatic hydroxyl groups excluding tert-OH is 1. The van der Waals surface area contributed by atoms with Crippen LogP contribution in [0.1, 0.15) is 13.8 Å². The molecule has 0 spiro atoms. The topological polar surface area (TPSA) is 86.2 Å². The Kier molecular flexibility index (Phi) is 6.29. The molecular weight excluding hydrogens is 270 g/mol. The van der Waals surface area contributed by atoms with Crippen LogP contribution in [0.25, 0.3) is 0 Å². The van der Waals surface area contributed by atoms with Crippen LogP contribution >= 0.6 is 0 Å². The summed E-state index contributed by atoms with van der Waals surface area (Å²) in [5.74, 6) is 0.922. The van der Waals surface area contributed by atoms with Crippen LogP contribution in [0.2, 0.25) is 0 Å². The molecule has 1 atom stereocenters. The Labute approximate surface area is 116 Å². The number of aliphatic hydroxyl groups is 1. The number of anilines is 3. The van der Waals surface area contributed by atoms with Gasteiger partial charge < -0.3 is 20.6 Å². The van der Waals surface area contributed by atoms with Gasteiger partial charge in [0.25, 0.3) is 6.43 Å². The van der Waals surface area contributed by atoms with E-state index < -0.39 is 12.5 Å². The van der Waals surface area contributed by atoms with Gasteiger partial charge in [0.05, 0.1) is 0 Å². The summed E-state index contributed by atoms with van der Waals surface area (Å²) in [6, 6.07) is 0. The molecule has 0 aliphatic carbocycles. The van der Waals surface area contributed by atoms with E-state index in [9.17, 15) is 8.78 Å². The average molecular weight is 290 g/mol. The predicted molar refractivity (Wildman–Crippen MR) is 73.4 cm³/mol. The molecule has 20 heavy (non-hydrogen) atoms. The molecule has 0 bridgehead atoms. The number of hydrogen-bond acceptors (Lipinski definition) is 7. The third kappa shape index (κ3) is 4.41. The Hall–Kier alpha value is -1.77. The van der Waals surface area contributed by atoms with E-state index in [1.807, 2.05) is 18.7 Å². The highest BCUT2D eigenvalue weighted by atomic mass is 19.3. The Morgan fingerprint density at radius 1 is 1.15 bits per heavy atom. The molecule has 0 fully saturated rings. The molecule has 1 heterocycles. The van der Waals surface area contributed by atoms with E-state index in [0.717, 1.165) is 0 Å². The highest BCUT2D eigenvalue weighted by molar-refractivity contribution is 5.43. The highest BCUT2D eigenvalue weighted by Gasteiger charge is 2.17. The summed E-state index contributed by atoms with van der Waals surface area (Å²) in [6.45, 7) is 5.01. The van der Waals surface area contributed by atoms with Crippen LogP contribution in [0, 0.1) is 0 Å². The largest absolute Gasteiger partial charge is 0.385 e. The third-order valence-corrected chi connectivity index (χ3v) is 2.65. The van der Waals surface area contributed by atoms with Crippen LogP contribution in [0.5, 0.6) is 0 Å².